The van der Waals surface area contributed by atoms with Crippen LogP contribution in [0.4, 0.5) is 13.2 Å². The number of benzene rings is 3. The first kappa shape index (κ1) is 28.5. The van der Waals surface area contributed by atoms with Crippen molar-refractivity contribution >= 4 is 5.97 Å². The fraction of sp³-hybridized carbons (Fsp3) is 0.387. The minimum absolute atomic E-state index is 0.0871. The minimum atomic E-state index is -1.06. The first-order valence-electron chi connectivity index (χ1n) is 12.8. The number of aliphatic carboxylic acids is 1. The fourth-order valence-electron chi connectivity index (χ4n) is 5.43. The Hall–Kier alpha value is -3.52. The Morgan fingerprint density at radius 1 is 1.03 bits per heavy atom. The van der Waals surface area contributed by atoms with Gasteiger partial charge < -0.3 is 19.3 Å². The van der Waals surface area contributed by atoms with Crippen LogP contribution >= 0.6 is 0 Å². The standard InChI is InChI=1S/C31H33F3O5/c1-31(2,3)30(38-5)23-12-17(6-9-20(23)22-14-19(37-4)8-11-24(22)32)16-39-26-15-25(33)21-10-7-18(13-27(35)36)28(21)29(26)34/h6,8-9,11-12,14-15,18,30H,7,10,13,16H2,1-5H3,(H,35,36). The lowest BCUT2D eigenvalue weighted by molar-refractivity contribution is -0.137. The van der Waals surface area contributed by atoms with Crippen molar-refractivity contribution in [1.29, 1.82) is 0 Å². The molecule has 2 unspecified atom stereocenters. The van der Waals surface area contributed by atoms with E-state index in [1.54, 1.807) is 31.4 Å². The van der Waals surface area contributed by atoms with Crippen LogP contribution in [0.3, 0.4) is 0 Å². The third-order valence-corrected chi connectivity index (χ3v) is 7.17. The van der Waals surface area contributed by atoms with E-state index in [1.807, 2.05) is 26.8 Å². The van der Waals surface area contributed by atoms with E-state index in [0.29, 0.717) is 34.4 Å². The maximum absolute atomic E-state index is 15.4. The van der Waals surface area contributed by atoms with Gasteiger partial charge in [0.2, 0.25) is 0 Å². The average molecular weight is 543 g/mol. The fourth-order valence-corrected chi connectivity index (χ4v) is 5.43. The van der Waals surface area contributed by atoms with Crippen LogP contribution in [-0.2, 0) is 22.6 Å². The van der Waals surface area contributed by atoms with Crippen molar-refractivity contribution in [2.24, 2.45) is 5.41 Å². The molecule has 1 aliphatic carbocycles. The van der Waals surface area contributed by atoms with Gasteiger partial charge in [0.1, 0.15) is 24.0 Å². The number of hydrogen-bond donors (Lipinski definition) is 1. The van der Waals surface area contributed by atoms with Gasteiger partial charge in [-0.3, -0.25) is 4.79 Å². The van der Waals surface area contributed by atoms with Gasteiger partial charge in [-0.25, -0.2) is 13.2 Å². The van der Waals surface area contributed by atoms with Crippen molar-refractivity contribution in [3.8, 4) is 22.6 Å². The number of hydrogen-bond acceptors (Lipinski definition) is 4. The van der Waals surface area contributed by atoms with Crippen molar-refractivity contribution < 1.29 is 37.3 Å². The number of carbonyl (C=O) groups is 1. The first-order chi connectivity index (χ1) is 18.4. The number of halogens is 3. The lowest BCUT2D eigenvalue weighted by atomic mass is 9.81. The maximum atomic E-state index is 15.4. The topological polar surface area (TPSA) is 65.0 Å². The largest absolute Gasteiger partial charge is 0.497 e. The number of rotatable bonds is 9. The van der Waals surface area contributed by atoms with E-state index in [9.17, 15) is 18.7 Å². The first-order valence-corrected chi connectivity index (χ1v) is 12.8. The number of ether oxygens (including phenoxy) is 3. The predicted molar refractivity (Wildman–Crippen MR) is 142 cm³/mol. The lowest BCUT2D eigenvalue weighted by Gasteiger charge is -2.32. The molecule has 0 saturated carbocycles. The number of methoxy groups -OCH3 is 2. The summed E-state index contributed by atoms with van der Waals surface area (Å²) >= 11 is 0. The lowest BCUT2D eigenvalue weighted by Crippen LogP contribution is -2.21. The molecule has 0 radical (unpaired) electrons. The van der Waals surface area contributed by atoms with E-state index in [4.69, 9.17) is 14.2 Å². The Morgan fingerprint density at radius 3 is 2.41 bits per heavy atom. The summed E-state index contributed by atoms with van der Waals surface area (Å²) in [6, 6.07) is 10.8. The predicted octanol–water partition coefficient (Wildman–Crippen LogP) is 7.60. The summed E-state index contributed by atoms with van der Waals surface area (Å²) in [6.07, 6.45) is -0.0453. The molecule has 0 amide bonds. The van der Waals surface area contributed by atoms with E-state index >= 15 is 4.39 Å². The highest BCUT2D eigenvalue weighted by atomic mass is 19.1. The van der Waals surface area contributed by atoms with Gasteiger partial charge >= 0.3 is 5.97 Å². The van der Waals surface area contributed by atoms with Crippen molar-refractivity contribution in [2.75, 3.05) is 14.2 Å². The highest BCUT2D eigenvalue weighted by molar-refractivity contribution is 5.71. The zero-order valence-electron chi connectivity index (χ0n) is 22.7. The summed E-state index contributed by atoms with van der Waals surface area (Å²) in [5.41, 5.74) is 2.26. The van der Waals surface area contributed by atoms with Crippen LogP contribution in [0.5, 0.6) is 11.5 Å². The molecule has 3 aromatic carbocycles. The molecule has 0 saturated heterocycles. The number of carboxylic acids is 1. The van der Waals surface area contributed by atoms with E-state index in [0.717, 1.165) is 6.07 Å². The van der Waals surface area contributed by atoms with Crippen LogP contribution in [0, 0.1) is 22.9 Å². The average Bonchev–Trinajstić information content (AvgIpc) is 3.29. The Labute approximate surface area is 226 Å². The molecule has 208 valence electrons. The quantitative estimate of drug-likeness (QED) is 0.302. The molecule has 1 N–H and O–H groups in total. The number of carboxylic acid groups (broad SMARTS) is 1. The summed E-state index contributed by atoms with van der Waals surface area (Å²) in [4.78, 5) is 11.2. The molecule has 0 aliphatic heterocycles. The molecule has 1 aliphatic rings. The summed E-state index contributed by atoms with van der Waals surface area (Å²) in [5.74, 6) is -3.19. The van der Waals surface area contributed by atoms with Gasteiger partial charge in [0.25, 0.3) is 0 Å². The van der Waals surface area contributed by atoms with Gasteiger partial charge in [-0.1, -0.05) is 32.9 Å². The van der Waals surface area contributed by atoms with Crippen LogP contribution in [0.2, 0.25) is 0 Å². The van der Waals surface area contributed by atoms with E-state index in [1.165, 1.54) is 13.2 Å². The van der Waals surface area contributed by atoms with Crippen LogP contribution < -0.4 is 9.47 Å². The third kappa shape index (κ3) is 5.91. The van der Waals surface area contributed by atoms with E-state index < -0.39 is 35.4 Å². The summed E-state index contributed by atoms with van der Waals surface area (Å²) in [6.45, 7) is 5.93. The molecule has 5 nitrogen and oxygen atoms in total. The van der Waals surface area contributed by atoms with Gasteiger partial charge in [0.15, 0.2) is 11.6 Å². The molecule has 0 heterocycles. The molecular weight excluding hydrogens is 509 g/mol. The van der Waals surface area contributed by atoms with Crippen LogP contribution in [0.25, 0.3) is 11.1 Å². The molecule has 39 heavy (non-hydrogen) atoms. The van der Waals surface area contributed by atoms with Gasteiger partial charge in [0.05, 0.1) is 19.6 Å². The van der Waals surface area contributed by atoms with Crippen LogP contribution in [0.15, 0.2) is 42.5 Å². The summed E-state index contributed by atoms with van der Waals surface area (Å²) in [5, 5.41) is 9.19. The van der Waals surface area contributed by atoms with Crippen molar-refractivity contribution in [1.82, 2.24) is 0 Å². The second-order valence-electron chi connectivity index (χ2n) is 10.9. The summed E-state index contributed by atoms with van der Waals surface area (Å²) in [7, 11) is 3.09. The smallest absolute Gasteiger partial charge is 0.303 e. The van der Waals surface area contributed by atoms with Crippen LogP contribution in [-0.4, -0.2) is 25.3 Å². The van der Waals surface area contributed by atoms with Gasteiger partial charge in [0, 0.05) is 24.3 Å². The molecule has 0 fully saturated rings. The van der Waals surface area contributed by atoms with E-state index in [-0.39, 0.29) is 41.7 Å². The second kappa shape index (κ2) is 11.3. The maximum Gasteiger partial charge on any atom is 0.303 e. The second-order valence-corrected chi connectivity index (χ2v) is 10.9. The zero-order chi connectivity index (χ0) is 28.5. The SMILES string of the molecule is COc1ccc(F)c(-c2ccc(COc3cc(F)c4c(c3F)C(CC(=O)O)CC4)cc2C(OC)C(C)(C)C)c1. The molecule has 2 atom stereocenters. The zero-order valence-corrected chi connectivity index (χ0v) is 22.7. The minimum Gasteiger partial charge on any atom is -0.497 e. The molecule has 8 heteroatoms. The molecule has 0 aromatic heterocycles. The Balaban J connectivity index is 1.71. The van der Waals surface area contributed by atoms with Gasteiger partial charge in [-0.05, 0) is 70.7 Å². The molecule has 3 aromatic rings. The molecule has 0 spiro atoms. The highest BCUT2D eigenvalue weighted by Crippen LogP contribution is 2.44. The van der Waals surface area contributed by atoms with Gasteiger partial charge in [-0.15, -0.1) is 0 Å². The van der Waals surface area contributed by atoms with Crippen molar-refractivity contribution in [2.45, 2.75) is 58.7 Å². The van der Waals surface area contributed by atoms with Gasteiger partial charge in [-0.2, -0.15) is 0 Å². The number of fused-ring (bicyclic) bond motifs is 1. The Bertz CT molecular complexity index is 1380. The molecule has 4 rings (SSSR count). The monoisotopic (exact) mass is 542 g/mol. The van der Waals surface area contributed by atoms with Crippen molar-refractivity contribution in [3.63, 3.8) is 0 Å². The third-order valence-electron chi connectivity index (χ3n) is 7.17. The Morgan fingerprint density at radius 2 is 1.77 bits per heavy atom. The van der Waals surface area contributed by atoms with Crippen LogP contribution in [0.1, 0.15) is 67.9 Å². The normalized spacial score (nSPS) is 15.6. The van der Waals surface area contributed by atoms with E-state index in [2.05, 4.69) is 0 Å². The molecule has 0 bridgehead atoms. The summed E-state index contributed by atoms with van der Waals surface area (Å²) < 4.78 is 62.1. The molecular formula is C31H33F3O5. The van der Waals surface area contributed by atoms with Crippen molar-refractivity contribution in [3.05, 3.63) is 82.2 Å². The Kier molecular flexibility index (Phi) is 8.25. The highest BCUT2D eigenvalue weighted by Gasteiger charge is 2.33.